The zero-order valence-corrected chi connectivity index (χ0v) is 16.8. The van der Waals surface area contributed by atoms with E-state index in [4.69, 9.17) is 16.0 Å². The topological polar surface area (TPSA) is 59.2 Å². The smallest absolute Gasteiger partial charge is 0.277 e. The van der Waals surface area contributed by atoms with Gasteiger partial charge in [-0.25, -0.2) is 0 Å². The summed E-state index contributed by atoms with van der Waals surface area (Å²) in [5.74, 6) is 0.625. The molecule has 0 bridgehead atoms. The first-order valence-corrected chi connectivity index (χ1v) is 9.95. The molecule has 3 rings (SSSR count). The molecule has 0 unspecified atom stereocenters. The molecule has 0 fully saturated rings. The number of aromatic nitrogens is 2. The molecule has 1 amide bonds. The van der Waals surface area contributed by atoms with Gasteiger partial charge in [-0.1, -0.05) is 60.6 Å². The van der Waals surface area contributed by atoms with Crippen molar-refractivity contribution in [2.24, 2.45) is 0 Å². The van der Waals surface area contributed by atoms with Crippen molar-refractivity contribution in [3.05, 3.63) is 64.7 Å². The quantitative estimate of drug-likeness (QED) is 0.537. The zero-order valence-electron chi connectivity index (χ0n) is 15.2. The second kappa shape index (κ2) is 9.06. The van der Waals surface area contributed by atoms with Crippen molar-refractivity contribution in [2.45, 2.75) is 25.1 Å². The fourth-order valence-corrected chi connectivity index (χ4v) is 3.38. The molecule has 27 heavy (non-hydrogen) atoms. The van der Waals surface area contributed by atoms with Gasteiger partial charge < -0.3 is 9.32 Å². The highest BCUT2D eigenvalue weighted by Gasteiger charge is 2.14. The van der Waals surface area contributed by atoms with E-state index >= 15 is 0 Å². The van der Waals surface area contributed by atoms with Crippen molar-refractivity contribution in [2.75, 3.05) is 12.8 Å². The summed E-state index contributed by atoms with van der Waals surface area (Å²) in [7, 11) is 1.79. The van der Waals surface area contributed by atoms with E-state index in [0.29, 0.717) is 22.7 Å². The molecule has 1 aromatic heterocycles. The number of nitrogens with zero attached hydrogens (tertiary/aromatic N) is 3. The third-order valence-electron chi connectivity index (χ3n) is 4.07. The average Bonchev–Trinajstić information content (AvgIpc) is 3.16. The Morgan fingerprint density at radius 1 is 1.15 bits per heavy atom. The summed E-state index contributed by atoms with van der Waals surface area (Å²) in [6.45, 7) is 2.69. The van der Waals surface area contributed by atoms with Gasteiger partial charge in [-0.05, 0) is 35.7 Å². The van der Waals surface area contributed by atoms with Gasteiger partial charge in [0, 0.05) is 24.2 Å². The molecule has 0 spiro atoms. The minimum atomic E-state index is 0.00192. The lowest BCUT2D eigenvalue weighted by Crippen LogP contribution is -2.27. The highest BCUT2D eigenvalue weighted by molar-refractivity contribution is 7.99. The van der Waals surface area contributed by atoms with Crippen LogP contribution in [0.25, 0.3) is 11.5 Å². The lowest BCUT2D eigenvalue weighted by molar-refractivity contribution is -0.127. The van der Waals surface area contributed by atoms with Crippen LogP contribution in [-0.2, 0) is 17.8 Å². The van der Waals surface area contributed by atoms with Gasteiger partial charge in [0.1, 0.15) is 0 Å². The normalized spacial score (nSPS) is 10.8. The summed E-state index contributed by atoms with van der Waals surface area (Å²) in [6.07, 6.45) is 1.01. The monoisotopic (exact) mass is 401 g/mol. The summed E-state index contributed by atoms with van der Waals surface area (Å²) in [5, 5.41) is 8.96. The van der Waals surface area contributed by atoms with E-state index in [9.17, 15) is 4.79 Å². The van der Waals surface area contributed by atoms with Gasteiger partial charge >= 0.3 is 0 Å². The van der Waals surface area contributed by atoms with E-state index in [1.807, 2.05) is 12.1 Å². The van der Waals surface area contributed by atoms with Crippen molar-refractivity contribution in [3.63, 3.8) is 0 Å². The SMILES string of the molecule is CCc1ccc(CN(C)C(=O)CSc2nnc(-c3cccc(Cl)c3)o2)cc1. The number of carbonyl (C=O) groups is 1. The van der Waals surface area contributed by atoms with Crippen LogP contribution in [-0.4, -0.2) is 33.8 Å². The number of thioether (sulfide) groups is 1. The largest absolute Gasteiger partial charge is 0.411 e. The first kappa shape index (κ1) is 19.5. The number of rotatable bonds is 7. The second-order valence-electron chi connectivity index (χ2n) is 6.09. The standard InChI is InChI=1S/C20H20ClN3O2S/c1-3-14-7-9-15(10-8-14)12-24(2)18(25)13-27-20-23-22-19(26-20)16-5-4-6-17(21)11-16/h4-11H,3,12-13H2,1-2H3. The van der Waals surface area contributed by atoms with E-state index in [1.54, 1.807) is 24.1 Å². The Bertz CT molecular complexity index is 912. The molecule has 7 heteroatoms. The number of amides is 1. The van der Waals surface area contributed by atoms with Crippen LogP contribution in [0.4, 0.5) is 0 Å². The third-order valence-corrected chi connectivity index (χ3v) is 5.11. The third kappa shape index (κ3) is 5.34. The summed E-state index contributed by atoms with van der Waals surface area (Å²) >= 11 is 7.21. The van der Waals surface area contributed by atoms with Gasteiger partial charge in [0.15, 0.2) is 0 Å². The van der Waals surface area contributed by atoms with Crippen molar-refractivity contribution < 1.29 is 9.21 Å². The lowest BCUT2D eigenvalue weighted by Gasteiger charge is -2.16. The van der Waals surface area contributed by atoms with Crippen LogP contribution in [0.2, 0.25) is 5.02 Å². The Balaban J connectivity index is 1.54. The van der Waals surface area contributed by atoms with Crippen molar-refractivity contribution in [1.29, 1.82) is 0 Å². The number of hydrogen-bond donors (Lipinski definition) is 0. The van der Waals surface area contributed by atoms with Crippen LogP contribution in [0.15, 0.2) is 58.2 Å². The minimum Gasteiger partial charge on any atom is -0.411 e. The molecule has 0 aliphatic rings. The van der Waals surface area contributed by atoms with Gasteiger partial charge in [-0.15, -0.1) is 10.2 Å². The first-order chi connectivity index (χ1) is 13.0. The second-order valence-corrected chi connectivity index (χ2v) is 7.46. The summed E-state index contributed by atoms with van der Waals surface area (Å²) in [6, 6.07) is 15.5. The minimum absolute atomic E-state index is 0.00192. The molecule has 2 aromatic carbocycles. The Kier molecular flexibility index (Phi) is 6.53. The average molecular weight is 402 g/mol. The van der Waals surface area contributed by atoms with E-state index < -0.39 is 0 Å². The van der Waals surface area contributed by atoms with Crippen molar-refractivity contribution >= 4 is 29.3 Å². The molecular formula is C20H20ClN3O2S. The maximum atomic E-state index is 12.4. The Morgan fingerprint density at radius 2 is 1.89 bits per heavy atom. The number of carbonyl (C=O) groups excluding carboxylic acids is 1. The molecule has 0 aliphatic heterocycles. The Labute approximate surface area is 167 Å². The molecule has 0 N–H and O–H groups in total. The number of aryl methyl sites for hydroxylation is 1. The highest BCUT2D eigenvalue weighted by atomic mass is 35.5. The zero-order chi connectivity index (χ0) is 19.2. The van der Waals surface area contributed by atoms with E-state index in [2.05, 4.69) is 41.4 Å². The number of hydrogen-bond acceptors (Lipinski definition) is 5. The van der Waals surface area contributed by atoms with Crippen LogP contribution in [0.3, 0.4) is 0 Å². The van der Waals surface area contributed by atoms with Gasteiger partial charge in [0.25, 0.3) is 5.22 Å². The highest BCUT2D eigenvalue weighted by Crippen LogP contribution is 2.25. The predicted molar refractivity (Wildman–Crippen MR) is 108 cm³/mol. The predicted octanol–water partition coefficient (Wildman–Crippen LogP) is 4.70. The maximum absolute atomic E-state index is 12.4. The van der Waals surface area contributed by atoms with Crippen molar-refractivity contribution in [3.8, 4) is 11.5 Å². The molecule has 0 radical (unpaired) electrons. The molecule has 5 nitrogen and oxygen atoms in total. The summed E-state index contributed by atoms with van der Waals surface area (Å²) < 4.78 is 5.61. The molecular weight excluding hydrogens is 382 g/mol. The van der Waals surface area contributed by atoms with Gasteiger partial charge in [0.2, 0.25) is 11.8 Å². The fraction of sp³-hybridized carbons (Fsp3) is 0.250. The molecule has 0 saturated heterocycles. The number of benzene rings is 2. The van der Waals surface area contributed by atoms with Gasteiger partial charge in [0.05, 0.1) is 5.75 Å². The lowest BCUT2D eigenvalue weighted by atomic mass is 10.1. The molecule has 3 aromatic rings. The Morgan fingerprint density at radius 3 is 2.59 bits per heavy atom. The van der Waals surface area contributed by atoms with Crippen LogP contribution in [0.1, 0.15) is 18.1 Å². The van der Waals surface area contributed by atoms with Gasteiger partial charge in [-0.2, -0.15) is 0 Å². The van der Waals surface area contributed by atoms with E-state index in [0.717, 1.165) is 17.5 Å². The Hall–Kier alpha value is -2.31. The van der Waals surface area contributed by atoms with Crippen LogP contribution in [0, 0.1) is 0 Å². The van der Waals surface area contributed by atoms with E-state index in [1.165, 1.54) is 17.3 Å². The van der Waals surface area contributed by atoms with Crippen LogP contribution >= 0.6 is 23.4 Å². The van der Waals surface area contributed by atoms with Gasteiger partial charge in [-0.3, -0.25) is 4.79 Å². The molecule has 140 valence electrons. The van der Waals surface area contributed by atoms with Crippen molar-refractivity contribution in [1.82, 2.24) is 15.1 Å². The molecule has 0 atom stereocenters. The molecule has 1 heterocycles. The fourth-order valence-electron chi connectivity index (χ4n) is 2.48. The van der Waals surface area contributed by atoms with E-state index in [-0.39, 0.29) is 11.7 Å². The summed E-state index contributed by atoms with van der Waals surface area (Å²) in [4.78, 5) is 14.1. The van der Waals surface area contributed by atoms with Crippen LogP contribution in [0.5, 0.6) is 0 Å². The molecule has 0 aliphatic carbocycles. The molecule has 0 saturated carbocycles. The first-order valence-electron chi connectivity index (χ1n) is 8.59. The van der Waals surface area contributed by atoms with Crippen LogP contribution < -0.4 is 0 Å². The maximum Gasteiger partial charge on any atom is 0.277 e. The number of halogens is 1. The summed E-state index contributed by atoms with van der Waals surface area (Å²) in [5.41, 5.74) is 3.14.